The van der Waals surface area contributed by atoms with Crippen LogP contribution in [0, 0.1) is 27.7 Å². The molecule has 0 aliphatic carbocycles. The molecule has 0 unspecified atom stereocenters. The van der Waals surface area contributed by atoms with Crippen molar-refractivity contribution in [3.63, 3.8) is 0 Å². The molecule has 5 aromatic carbocycles. The molecule has 0 radical (unpaired) electrons. The first-order valence-corrected chi connectivity index (χ1v) is 16.8. The molecular weight excluding hydrogens is 617 g/mol. The van der Waals surface area contributed by atoms with Crippen LogP contribution >= 0.6 is 0 Å². The third-order valence-electron chi connectivity index (χ3n) is 9.30. The zero-order valence-corrected chi connectivity index (χ0v) is 28.7. The standard InChI is InChI=1S/C44H38N4O2/c1-27-13-21-33(22-14-27)41-29(3)39(35-9-5-7-11-37(35)47-41)43(49)45-25-31-17-19-32(20-18-31)26-46-44(50)40-30(4)42(34-23-15-28(2)16-24-34)48-38-12-8-6-10-36(38)40/h5-24H,25-26H2,1-4H3,(H,45,49)(H,46,50). The van der Waals surface area contributed by atoms with Crippen molar-refractivity contribution in [3.05, 3.63) is 166 Å². The molecule has 0 fully saturated rings. The summed E-state index contributed by atoms with van der Waals surface area (Å²) in [5.74, 6) is -0.286. The van der Waals surface area contributed by atoms with Crippen molar-refractivity contribution in [2.75, 3.05) is 0 Å². The summed E-state index contributed by atoms with van der Waals surface area (Å²) in [7, 11) is 0. The Hall–Kier alpha value is -6.14. The maximum atomic E-state index is 13.7. The molecule has 7 rings (SSSR count). The normalized spacial score (nSPS) is 11.1. The molecule has 2 N–H and O–H groups in total. The number of carbonyl (C=O) groups excluding carboxylic acids is 2. The number of pyridine rings is 2. The highest BCUT2D eigenvalue weighted by atomic mass is 16.2. The van der Waals surface area contributed by atoms with Gasteiger partial charge in [-0.25, -0.2) is 9.97 Å². The number of carbonyl (C=O) groups is 2. The van der Waals surface area contributed by atoms with Crippen LogP contribution in [-0.4, -0.2) is 21.8 Å². The third kappa shape index (κ3) is 6.48. The van der Waals surface area contributed by atoms with Gasteiger partial charge in [0.25, 0.3) is 11.8 Å². The van der Waals surface area contributed by atoms with Crippen molar-refractivity contribution >= 4 is 33.6 Å². The predicted octanol–water partition coefficient (Wildman–Crippen LogP) is 9.21. The van der Waals surface area contributed by atoms with E-state index in [2.05, 4.69) is 48.7 Å². The first-order chi connectivity index (χ1) is 24.3. The fourth-order valence-electron chi connectivity index (χ4n) is 6.50. The van der Waals surface area contributed by atoms with E-state index in [1.807, 2.05) is 111 Å². The van der Waals surface area contributed by atoms with Crippen LogP contribution in [0.15, 0.2) is 121 Å². The van der Waals surface area contributed by atoms with Crippen molar-refractivity contribution in [2.24, 2.45) is 0 Å². The molecule has 2 amide bonds. The minimum absolute atomic E-state index is 0.143. The lowest BCUT2D eigenvalue weighted by Crippen LogP contribution is -2.25. The molecule has 50 heavy (non-hydrogen) atoms. The number of nitrogens with zero attached hydrogens (tertiary/aromatic N) is 2. The summed E-state index contributed by atoms with van der Waals surface area (Å²) in [5.41, 5.74) is 12.4. The number of fused-ring (bicyclic) bond motifs is 2. The molecular formula is C44H38N4O2. The second-order valence-corrected chi connectivity index (χ2v) is 12.9. The lowest BCUT2D eigenvalue weighted by molar-refractivity contribution is 0.0943. The lowest BCUT2D eigenvalue weighted by Gasteiger charge is -2.16. The van der Waals surface area contributed by atoms with E-state index >= 15 is 0 Å². The van der Waals surface area contributed by atoms with Crippen LogP contribution in [0.1, 0.15) is 54.1 Å². The Morgan fingerprint density at radius 2 is 0.840 bits per heavy atom. The maximum Gasteiger partial charge on any atom is 0.252 e. The van der Waals surface area contributed by atoms with Gasteiger partial charge < -0.3 is 10.6 Å². The quantitative estimate of drug-likeness (QED) is 0.171. The Kier molecular flexibility index (Phi) is 8.92. The molecule has 0 bridgehead atoms. The van der Waals surface area contributed by atoms with Crippen LogP contribution in [0.2, 0.25) is 0 Å². The molecule has 0 aliphatic rings. The second-order valence-electron chi connectivity index (χ2n) is 12.9. The van der Waals surface area contributed by atoms with Gasteiger partial charge in [-0.05, 0) is 62.1 Å². The molecule has 0 atom stereocenters. The first-order valence-electron chi connectivity index (χ1n) is 16.8. The van der Waals surface area contributed by atoms with Gasteiger partial charge in [0, 0.05) is 35.0 Å². The summed E-state index contributed by atoms with van der Waals surface area (Å²) in [6.07, 6.45) is 0. The van der Waals surface area contributed by atoms with Crippen LogP contribution < -0.4 is 10.6 Å². The van der Waals surface area contributed by atoms with Gasteiger partial charge in [-0.15, -0.1) is 0 Å². The van der Waals surface area contributed by atoms with Crippen molar-refractivity contribution in [1.29, 1.82) is 0 Å². The highest BCUT2D eigenvalue weighted by Gasteiger charge is 2.20. The summed E-state index contributed by atoms with van der Waals surface area (Å²) in [6, 6.07) is 39.9. The van der Waals surface area contributed by atoms with Gasteiger partial charge in [0.15, 0.2) is 0 Å². The van der Waals surface area contributed by atoms with Gasteiger partial charge in [-0.3, -0.25) is 9.59 Å². The molecule has 6 heteroatoms. The van der Waals surface area contributed by atoms with E-state index < -0.39 is 0 Å². The van der Waals surface area contributed by atoms with E-state index in [1.165, 1.54) is 11.1 Å². The highest BCUT2D eigenvalue weighted by Crippen LogP contribution is 2.31. The van der Waals surface area contributed by atoms with Gasteiger partial charge >= 0.3 is 0 Å². The zero-order chi connectivity index (χ0) is 34.8. The number of aromatic nitrogens is 2. The van der Waals surface area contributed by atoms with Crippen molar-refractivity contribution in [1.82, 2.24) is 20.6 Å². The lowest BCUT2D eigenvalue weighted by atomic mass is 9.96. The fourth-order valence-corrected chi connectivity index (χ4v) is 6.50. The van der Waals surface area contributed by atoms with Crippen molar-refractivity contribution < 1.29 is 9.59 Å². The van der Waals surface area contributed by atoms with E-state index in [1.54, 1.807) is 0 Å². The van der Waals surface area contributed by atoms with Crippen LogP contribution in [0.25, 0.3) is 44.3 Å². The van der Waals surface area contributed by atoms with E-state index in [-0.39, 0.29) is 11.8 Å². The molecule has 0 saturated heterocycles. The predicted molar refractivity (Wildman–Crippen MR) is 202 cm³/mol. The molecule has 2 aromatic heterocycles. The minimum Gasteiger partial charge on any atom is -0.348 e. The molecule has 0 saturated carbocycles. The van der Waals surface area contributed by atoms with E-state index in [0.717, 1.165) is 66.6 Å². The number of hydrogen-bond donors (Lipinski definition) is 2. The number of aryl methyl sites for hydroxylation is 2. The third-order valence-corrected chi connectivity index (χ3v) is 9.30. The number of benzene rings is 5. The molecule has 246 valence electrons. The van der Waals surface area contributed by atoms with Gasteiger partial charge in [0.1, 0.15) is 0 Å². The average molecular weight is 655 g/mol. The second kappa shape index (κ2) is 13.8. The number of para-hydroxylation sites is 2. The fraction of sp³-hybridized carbons (Fsp3) is 0.136. The summed E-state index contributed by atoms with van der Waals surface area (Å²) in [5, 5.41) is 7.91. The van der Waals surface area contributed by atoms with Crippen molar-refractivity contribution in [2.45, 2.75) is 40.8 Å². The Morgan fingerprint density at radius 1 is 0.480 bits per heavy atom. The maximum absolute atomic E-state index is 13.7. The summed E-state index contributed by atoms with van der Waals surface area (Å²) in [6.45, 7) is 8.77. The minimum atomic E-state index is -0.143. The van der Waals surface area contributed by atoms with Gasteiger partial charge in [0.05, 0.1) is 33.5 Å². The number of hydrogen-bond acceptors (Lipinski definition) is 4. The number of amides is 2. The molecule has 0 aliphatic heterocycles. The Morgan fingerprint density at radius 3 is 1.22 bits per heavy atom. The number of nitrogens with one attached hydrogen (secondary N) is 2. The number of rotatable bonds is 8. The Balaban J connectivity index is 1.06. The Labute approximate surface area is 292 Å². The van der Waals surface area contributed by atoms with Crippen LogP contribution in [-0.2, 0) is 13.1 Å². The highest BCUT2D eigenvalue weighted by molar-refractivity contribution is 6.09. The van der Waals surface area contributed by atoms with E-state index in [0.29, 0.717) is 24.2 Å². The summed E-state index contributed by atoms with van der Waals surface area (Å²) in [4.78, 5) is 37.3. The summed E-state index contributed by atoms with van der Waals surface area (Å²) < 4.78 is 0. The largest absolute Gasteiger partial charge is 0.348 e. The molecule has 7 aromatic rings. The van der Waals surface area contributed by atoms with Gasteiger partial charge in [-0.1, -0.05) is 120 Å². The Bertz CT molecular complexity index is 2210. The van der Waals surface area contributed by atoms with E-state index in [9.17, 15) is 9.59 Å². The molecule has 0 spiro atoms. The topological polar surface area (TPSA) is 84.0 Å². The first kappa shape index (κ1) is 32.4. The smallest absolute Gasteiger partial charge is 0.252 e. The van der Waals surface area contributed by atoms with Crippen LogP contribution in [0.5, 0.6) is 0 Å². The average Bonchev–Trinajstić information content (AvgIpc) is 3.13. The van der Waals surface area contributed by atoms with Gasteiger partial charge in [0.2, 0.25) is 0 Å². The van der Waals surface area contributed by atoms with Crippen molar-refractivity contribution in [3.8, 4) is 22.5 Å². The molecule has 2 heterocycles. The van der Waals surface area contributed by atoms with Crippen LogP contribution in [0.3, 0.4) is 0 Å². The van der Waals surface area contributed by atoms with Crippen LogP contribution in [0.4, 0.5) is 0 Å². The zero-order valence-electron chi connectivity index (χ0n) is 28.7. The SMILES string of the molecule is Cc1ccc(-c2nc3ccccc3c(C(=O)NCc3ccc(CNC(=O)c4c(C)c(-c5ccc(C)cc5)nc5ccccc45)cc3)c2C)cc1. The molecule has 6 nitrogen and oxygen atoms in total. The van der Waals surface area contributed by atoms with E-state index in [4.69, 9.17) is 9.97 Å². The summed E-state index contributed by atoms with van der Waals surface area (Å²) >= 11 is 0. The monoisotopic (exact) mass is 654 g/mol. The van der Waals surface area contributed by atoms with Gasteiger partial charge in [-0.2, -0.15) is 0 Å².